The first-order chi connectivity index (χ1) is 9.72. The number of hydrogen-bond acceptors (Lipinski definition) is 5. The Balaban J connectivity index is 1.81. The molecular formula is C15H24N2O3. The van der Waals surface area contributed by atoms with Gasteiger partial charge in [-0.2, -0.15) is 0 Å². The molecule has 1 heterocycles. The van der Waals surface area contributed by atoms with Gasteiger partial charge in [0.1, 0.15) is 0 Å². The van der Waals surface area contributed by atoms with Crippen molar-refractivity contribution >= 4 is 0 Å². The summed E-state index contributed by atoms with van der Waals surface area (Å²) in [5.41, 5.74) is 1.17. The van der Waals surface area contributed by atoms with Crippen LogP contribution in [-0.2, 0) is 11.3 Å². The second-order valence-electron chi connectivity index (χ2n) is 5.08. The van der Waals surface area contributed by atoms with Crippen LogP contribution in [0.1, 0.15) is 5.56 Å². The smallest absolute Gasteiger partial charge is 0.161 e. The Hall–Kier alpha value is -1.30. The third-order valence-corrected chi connectivity index (χ3v) is 3.49. The second kappa shape index (κ2) is 7.47. The zero-order valence-electron chi connectivity index (χ0n) is 12.5. The molecule has 5 heteroatoms. The maximum Gasteiger partial charge on any atom is 0.161 e. The van der Waals surface area contributed by atoms with Gasteiger partial charge in [-0.1, -0.05) is 6.07 Å². The lowest BCUT2D eigenvalue weighted by Crippen LogP contribution is -2.44. The number of nitrogens with zero attached hydrogens (tertiary/aromatic N) is 1. The summed E-state index contributed by atoms with van der Waals surface area (Å²) in [6.45, 7) is 4.48. The number of methoxy groups -OCH3 is 2. The number of nitrogens with one attached hydrogen (secondary N) is 1. The standard InChI is InChI=1S/C15H24N2O3/c1-17-6-7-20-13(11-17)10-16-9-12-4-5-14(18-2)15(8-12)19-3/h4-5,8,13,16H,6-7,9-11H2,1-3H3. The fraction of sp³-hybridized carbons (Fsp3) is 0.600. The van der Waals surface area contributed by atoms with Crippen LogP contribution in [0.4, 0.5) is 0 Å². The number of likely N-dealkylation sites (N-methyl/N-ethyl adjacent to an activating group) is 1. The molecule has 1 aromatic rings. The number of rotatable bonds is 6. The maximum atomic E-state index is 5.72. The topological polar surface area (TPSA) is 43.0 Å². The van der Waals surface area contributed by atoms with Gasteiger partial charge in [0, 0.05) is 26.2 Å². The van der Waals surface area contributed by atoms with E-state index in [1.165, 1.54) is 5.56 Å². The number of hydrogen-bond donors (Lipinski definition) is 1. The van der Waals surface area contributed by atoms with Crippen molar-refractivity contribution in [2.45, 2.75) is 12.6 Å². The Morgan fingerprint density at radius 2 is 2.10 bits per heavy atom. The van der Waals surface area contributed by atoms with Crippen LogP contribution in [0.25, 0.3) is 0 Å². The van der Waals surface area contributed by atoms with Gasteiger partial charge in [-0.15, -0.1) is 0 Å². The first-order valence-electron chi connectivity index (χ1n) is 6.94. The lowest BCUT2D eigenvalue weighted by molar-refractivity contribution is -0.0182. The minimum atomic E-state index is 0.272. The first-order valence-corrected chi connectivity index (χ1v) is 6.94. The molecule has 0 spiro atoms. The average Bonchev–Trinajstić information content (AvgIpc) is 2.47. The molecule has 0 amide bonds. The summed E-state index contributed by atoms with van der Waals surface area (Å²) in [6.07, 6.45) is 0.272. The third-order valence-electron chi connectivity index (χ3n) is 3.49. The van der Waals surface area contributed by atoms with Gasteiger partial charge in [0.05, 0.1) is 26.9 Å². The highest BCUT2D eigenvalue weighted by Crippen LogP contribution is 2.27. The van der Waals surface area contributed by atoms with Crippen LogP contribution in [0.3, 0.4) is 0 Å². The summed E-state index contributed by atoms with van der Waals surface area (Å²) in [5, 5.41) is 3.43. The van der Waals surface area contributed by atoms with Crippen LogP contribution < -0.4 is 14.8 Å². The molecule has 0 radical (unpaired) electrons. The average molecular weight is 280 g/mol. The second-order valence-corrected chi connectivity index (χ2v) is 5.08. The Bertz CT molecular complexity index is 426. The number of benzene rings is 1. The van der Waals surface area contributed by atoms with E-state index in [0.717, 1.165) is 44.3 Å². The number of ether oxygens (including phenoxy) is 3. The monoisotopic (exact) mass is 280 g/mol. The maximum absolute atomic E-state index is 5.72. The van der Waals surface area contributed by atoms with Crippen LogP contribution in [0, 0.1) is 0 Å². The molecule has 5 nitrogen and oxygen atoms in total. The van der Waals surface area contributed by atoms with Crippen molar-refractivity contribution < 1.29 is 14.2 Å². The quantitative estimate of drug-likeness (QED) is 0.846. The molecule has 112 valence electrons. The summed E-state index contributed by atoms with van der Waals surface area (Å²) in [4.78, 5) is 2.30. The minimum Gasteiger partial charge on any atom is -0.493 e. The molecule has 0 aliphatic carbocycles. The highest BCUT2D eigenvalue weighted by molar-refractivity contribution is 5.42. The van der Waals surface area contributed by atoms with Crippen LogP contribution in [0.2, 0.25) is 0 Å². The Morgan fingerprint density at radius 1 is 1.30 bits per heavy atom. The zero-order chi connectivity index (χ0) is 14.4. The molecule has 0 aromatic heterocycles. The number of morpholine rings is 1. The fourth-order valence-electron chi connectivity index (χ4n) is 2.36. The molecule has 1 saturated heterocycles. The predicted octanol–water partition coefficient (Wildman–Crippen LogP) is 1.12. The normalized spacial score (nSPS) is 19.9. The van der Waals surface area contributed by atoms with Gasteiger partial charge in [0.25, 0.3) is 0 Å². The summed E-state index contributed by atoms with van der Waals surface area (Å²) in [7, 11) is 5.43. The lowest BCUT2D eigenvalue weighted by Gasteiger charge is -2.30. The summed E-state index contributed by atoms with van der Waals surface area (Å²) in [5.74, 6) is 1.52. The molecular weight excluding hydrogens is 256 g/mol. The van der Waals surface area contributed by atoms with Crippen LogP contribution in [0.5, 0.6) is 11.5 Å². The molecule has 1 unspecified atom stereocenters. The van der Waals surface area contributed by atoms with E-state index in [9.17, 15) is 0 Å². The molecule has 1 aliphatic rings. The van der Waals surface area contributed by atoms with Crippen molar-refractivity contribution in [3.05, 3.63) is 23.8 Å². The van der Waals surface area contributed by atoms with Crippen LogP contribution in [-0.4, -0.2) is 58.5 Å². The third kappa shape index (κ3) is 4.10. The van der Waals surface area contributed by atoms with Gasteiger partial charge < -0.3 is 24.4 Å². The summed E-state index contributed by atoms with van der Waals surface area (Å²) in [6, 6.07) is 5.97. The Labute approximate surface area is 120 Å². The van der Waals surface area contributed by atoms with Crippen molar-refractivity contribution in [1.29, 1.82) is 0 Å². The van der Waals surface area contributed by atoms with E-state index in [1.54, 1.807) is 14.2 Å². The van der Waals surface area contributed by atoms with Gasteiger partial charge in [-0.3, -0.25) is 0 Å². The molecule has 20 heavy (non-hydrogen) atoms. The molecule has 1 atom stereocenters. The molecule has 1 fully saturated rings. The van der Waals surface area contributed by atoms with E-state index in [4.69, 9.17) is 14.2 Å². The van der Waals surface area contributed by atoms with Crippen molar-refractivity contribution in [3.63, 3.8) is 0 Å². The van der Waals surface area contributed by atoms with E-state index >= 15 is 0 Å². The van der Waals surface area contributed by atoms with Crippen LogP contribution in [0.15, 0.2) is 18.2 Å². The SMILES string of the molecule is COc1ccc(CNCC2CN(C)CCO2)cc1OC. The van der Waals surface area contributed by atoms with Gasteiger partial charge in [0.2, 0.25) is 0 Å². The summed E-state index contributed by atoms with van der Waals surface area (Å²) >= 11 is 0. The molecule has 1 aromatic carbocycles. The van der Waals surface area contributed by atoms with Gasteiger partial charge in [0.15, 0.2) is 11.5 Å². The van der Waals surface area contributed by atoms with Crippen molar-refractivity contribution in [1.82, 2.24) is 10.2 Å². The predicted molar refractivity (Wildman–Crippen MR) is 78.5 cm³/mol. The fourth-order valence-corrected chi connectivity index (χ4v) is 2.36. The highest BCUT2D eigenvalue weighted by Gasteiger charge is 2.16. The van der Waals surface area contributed by atoms with Gasteiger partial charge >= 0.3 is 0 Å². The zero-order valence-corrected chi connectivity index (χ0v) is 12.5. The van der Waals surface area contributed by atoms with Crippen molar-refractivity contribution in [2.24, 2.45) is 0 Å². The minimum absolute atomic E-state index is 0.272. The van der Waals surface area contributed by atoms with E-state index in [-0.39, 0.29) is 6.10 Å². The molecule has 2 rings (SSSR count). The molecule has 1 N–H and O–H groups in total. The largest absolute Gasteiger partial charge is 0.493 e. The first kappa shape index (κ1) is 15.1. The van der Waals surface area contributed by atoms with Gasteiger partial charge in [-0.25, -0.2) is 0 Å². The lowest BCUT2D eigenvalue weighted by atomic mass is 10.2. The Morgan fingerprint density at radius 3 is 2.80 bits per heavy atom. The van der Waals surface area contributed by atoms with E-state index in [1.807, 2.05) is 18.2 Å². The van der Waals surface area contributed by atoms with E-state index < -0.39 is 0 Å². The highest BCUT2D eigenvalue weighted by atomic mass is 16.5. The summed E-state index contributed by atoms with van der Waals surface area (Å²) < 4.78 is 16.3. The Kier molecular flexibility index (Phi) is 5.64. The molecule has 1 aliphatic heterocycles. The van der Waals surface area contributed by atoms with Crippen LogP contribution >= 0.6 is 0 Å². The van der Waals surface area contributed by atoms with Crippen molar-refractivity contribution in [3.8, 4) is 11.5 Å². The molecule has 0 saturated carbocycles. The van der Waals surface area contributed by atoms with E-state index in [2.05, 4.69) is 17.3 Å². The van der Waals surface area contributed by atoms with Gasteiger partial charge in [-0.05, 0) is 24.7 Å². The van der Waals surface area contributed by atoms with Crippen molar-refractivity contribution in [2.75, 3.05) is 47.5 Å². The molecule has 0 bridgehead atoms. The van der Waals surface area contributed by atoms with E-state index in [0.29, 0.717) is 0 Å².